The number of imide groups is 1. The van der Waals surface area contributed by atoms with Crippen molar-refractivity contribution in [3.63, 3.8) is 0 Å². The molecule has 1 atom stereocenters. The van der Waals surface area contributed by atoms with Gasteiger partial charge in [-0.15, -0.1) is 0 Å². The summed E-state index contributed by atoms with van der Waals surface area (Å²) >= 11 is 6.58. The van der Waals surface area contributed by atoms with Crippen LogP contribution in [0.3, 0.4) is 0 Å². The van der Waals surface area contributed by atoms with Gasteiger partial charge >= 0.3 is 6.09 Å². The van der Waals surface area contributed by atoms with Crippen molar-refractivity contribution in [2.75, 3.05) is 25.0 Å². The third kappa shape index (κ3) is 9.28. The molecule has 316 valence electrons. The Morgan fingerprint density at radius 3 is 2.52 bits per heavy atom. The Balaban J connectivity index is 0.760. The molecular weight excluding hydrogens is 786 g/mol. The molecule has 0 bridgehead atoms. The van der Waals surface area contributed by atoms with Crippen LogP contribution in [0.2, 0.25) is 5.02 Å². The van der Waals surface area contributed by atoms with Gasteiger partial charge in [0.2, 0.25) is 23.7 Å². The number of amides is 5. The van der Waals surface area contributed by atoms with Crippen LogP contribution >= 0.6 is 11.6 Å². The van der Waals surface area contributed by atoms with Gasteiger partial charge in [-0.2, -0.15) is 5.10 Å². The van der Waals surface area contributed by atoms with E-state index in [9.17, 15) is 29.1 Å². The van der Waals surface area contributed by atoms with E-state index in [2.05, 4.69) is 32.6 Å². The number of hydrogen-bond acceptors (Lipinski definition) is 9. The molecule has 60 heavy (non-hydrogen) atoms. The highest BCUT2D eigenvalue weighted by Crippen LogP contribution is 2.37. The van der Waals surface area contributed by atoms with Crippen LogP contribution in [0.1, 0.15) is 111 Å². The third-order valence-corrected chi connectivity index (χ3v) is 13.1. The first kappa shape index (κ1) is 41.3. The molecule has 15 nitrogen and oxygen atoms in total. The Kier molecular flexibility index (Phi) is 12.4. The molecule has 5 aliphatic rings. The van der Waals surface area contributed by atoms with E-state index in [0.29, 0.717) is 73.5 Å². The number of anilines is 1. The van der Waals surface area contributed by atoms with Gasteiger partial charge in [0.1, 0.15) is 6.04 Å². The van der Waals surface area contributed by atoms with Crippen LogP contribution < -0.4 is 10.6 Å². The topological polar surface area (TPSA) is 183 Å². The van der Waals surface area contributed by atoms with Gasteiger partial charge in [-0.3, -0.25) is 29.2 Å². The van der Waals surface area contributed by atoms with E-state index < -0.39 is 18.0 Å². The number of rotatable bonds is 12. The first-order valence-electron chi connectivity index (χ1n) is 21.4. The fourth-order valence-electron chi connectivity index (χ4n) is 9.14. The van der Waals surface area contributed by atoms with E-state index in [-0.39, 0.29) is 48.7 Å². The Labute approximate surface area is 354 Å². The zero-order valence-electron chi connectivity index (χ0n) is 34.0. The normalized spacial score (nSPS) is 21.9. The zero-order valence-corrected chi connectivity index (χ0v) is 34.8. The number of halogens is 1. The van der Waals surface area contributed by atoms with Crippen molar-refractivity contribution in [1.82, 2.24) is 39.8 Å². The van der Waals surface area contributed by atoms with Crippen molar-refractivity contribution in [3.8, 4) is 23.1 Å². The van der Waals surface area contributed by atoms with E-state index >= 15 is 0 Å². The summed E-state index contributed by atoms with van der Waals surface area (Å²) in [5.74, 6) is 7.06. The predicted molar refractivity (Wildman–Crippen MR) is 223 cm³/mol. The van der Waals surface area contributed by atoms with Gasteiger partial charge in [-0.05, 0) is 101 Å². The summed E-state index contributed by atoms with van der Waals surface area (Å²) in [4.78, 5) is 77.0. The second kappa shape index (κ2) is 18.0. The number of aryl methyl sites for hydroxylation is 1. The molecule has 0 radical (unpaired) electrons. The maximum absolute atomic E-state index is 13.2. The number of aromatic nitrogens is 4. The minimum atomic E-state index is -0.927. The number of fused-ring (bicyclic) bond motifs is 1. The number of nitrogens with zero attached hydrogens (tertiary/aromatic N) is 7. The number of likely N-dealkylation sites (tertiary alicyclic amines) is 1. The molecule has 1 aromatic carbocycles. The molecule has 2 saturated heterocycles. The number of unbranched alkanes of at least 4 members (excludes halogenated alkanes) is 1. The van der Waals surface area contributed by atoms with Crippen LogP contribution in [0.5, 0.6) is 0 Å². The fourth-order valence-corrected chi connectivity index (χ4v) is 9.34. The molecule has 3 aliphatic heterocycles. The second-order valence-corrected chi connectivity index (χ2v) is 17.3. The van der Waals surface area contributed by atoms with Crippen molar-refractivity contribution in [2.45, 2.75) is 115 Å². The Morgan fingerprint density at radius 1 is 1.00 bits per heavy atom. The van der Waals surface area contributed by atoms with Crippen LogP contribution in [0, 0.1) is 23.7 Å². The van der Waals surface area contributed by atoms with Gasteiger partial charge < -0.3 is 25.1 Å². The average Bonchev–Trinajstić information content (AvgIpc) is 3.91. The van der Waals surface area contributed by atoms with Crippen LogP contribution in [0.4, 0.5) is 10.7 Å². The Morgan fingerprint density at radius 2 is 1.78 bits per heavy atom. The largest absolute Gasteiger partial charge is 0.465 e. The Bertz CT molecular complexity index is 2210. The molecule has 3 aromatic rings. The standard InChI is InChI=1S/C44H52ClN9O6/c1-51-37(23-28-8-9-28)33(24-47-51)40-35(45)25-46-43(50-40)48-30-12-14-31(15-13-30)53(44(59)60)20-3-2-7-39(56)52-21-18-27(19-22-52)10-11-29-5-4-6-32-34(29)26-54(42(32)58)36-16-17-38(55)49-41(36)57/h4-6,24-25,27-28,30-31,36H,2-3,7-9,12-23,26H2,1H3,(H,59,60)(H,46,48,50)(H,49,55,57). The molecule has 5 heterocycles. The van der Waals surface area contributed by atoms with Gasteiger partial charge in [-0.25, -0.2) is 14.8 Å². The summed E-state index contributed by atoms with van der Waals surface area (Å²) in [6.07, 6.45) is 12.6. The average molecular weight is 838 g/mol. The molecule has 4 fully saturated rings. The molecule has 3 N–H and O–H groups in total. The van der Waals surface area contributed by atoms with Gasteiger partial charge in [-0.1, -0.05) is 29.5 Å². The first-order valence-corrected chi connectivity index (χ1v) is 21.8. The maximum atomic E-state index is 13.2. The molecule has 2 aromatic heterocycles. The Hall–Kier alpha value is -5.49. The van der Waals surface area contributed by atoms with Crippen molar-refractivity contribution < 1.29 is 29.1 Å². The SMILES string of the molecule is Cn1ncc(-c2nc(NC3CCC(N(CCCCC(=O)N4CCC(C#Cc5cccc6c5CN(C5CCC(=O)NC5=O)C6=O)CC4)C(=O)O)CC3)ncc2Cl)c1CC1CC1. The fraction of sp³-hybridized carbons (Fsp3) is 0.545. The lowest BCUT2D eigenvalue weighted by atomic mass is 9.90. The van der Waals surface area contributed by atoms with Crippen LogP contribution in [0.25, 0.3) is 11.3 Å². The quantitative estimate of drug-likeness (QED) is 0.121. The number of carbonyl (C=O) groups excluding carboxylic acids is 4. The summed E-state index contributed by atoms with van der Waals surface area (Å²) in [5.41, 5.74) is 4.84. The van der Waals surface area contributed by atoms with Gasteiger partial charge in [0, 0.05) is 86.5 Å². The predicted octanol–water partition coefficient (Wildman–Crippen LogP) is 5.41. The maximum Gasteiger partial charge on any atom is 0.407 e. The van der Waals surface area contributed by atoms with Gasteiger partial charge in [0.05, 0.1) is 23.1 Å². The second-order valence-electron chi connectivity index (χ2n) is 16.9. The molecule has 0 spiro atoms. The zero-order chi connectivity index (χ0) is 41.9. The van der Waals surface area contributed by atoms with E-state index in [1.54, 1.807) is 23.2 Å². The number of piperidine rings is 2. The lowest BCUT2D eigenvalue weighted by Crippen LogP contribution is -2.52. The lowest BCUT2D eigenvalue weighted by molar-refractivity contribution is -0.137. The van der Waals surface area contributed by atoms with Crippen LogP contribution in [-0.4, -0.2) is 107 Å². The molecular formula is C44H52ClN9O6. The number of benzene rings is 1. The van der Waals surface area contributed by atoms with Crippen molar-refractivity contribution >= 4 is 47.3 Å². The molecule has 2 saturated carbocycles. The smallest absolute Gasteiger partial charge is 0.407 e. The summed E-state index contributed by atoms with van der Waals surface area (Å²) < 4.78 is 1.90. The summed E-state index contributed by atoms with van der Waals surface area (Å²) in [6, 6.07) is 4.80. The number of carbonyl (C=O) groups is 5. The monoisotopic (exact) mass is 837 g/mol. The third-order valence-electron chi connectivity index (χ3n) is 12.8. The van der Waals surface area contributed by atoms with Gasteiger partial charge in [0.25, 0.3) is 5.91 Å². The van der Waals surface area contributed by atoms with E-state index in [1.165, 1.54) is 17.7 Å². The summed E-state index contributed by atoms with van der Waals surface area (Å²) in [7, 11) is 1.95. The highest BCUT2D eigenvalue weighted by Gasteiger charge is 2.40. The summed E-state index contributed by atoms with van der Waals surface area (Å²) in [6.45, 7) is 1.89. The van der Waals surface area contributed by atoms with E-state index in [0.717, 1.165) is 67.3 Å². The van der Waals surface area contributed by atoms with Crippen molar-refractivity contribution in [1.29, 1.82) is 0 Å². The molecule has 8 rings (SSSR count). The lowest BCUT2D eigenvalue weighted by Gasteiger charge is -2.35. The van der Waals surface area contributed by atoms with Crippen molar-refractivity contribution in [3.05, 3.63) is 58.0 Å². The number of hydrogen-bond donors (Lipinski definition) is 3. The molecule has 1 unspecified atom stereocenters. The molecule has 16 heteroatoms. The minimum Gasteiger partial charge on any atom is -0.465 e. The van der Waals surface area contributed by atoms with E-state index in [1.807, 2.05) is 28.9 Å². The molecule has 2 aliphatic carbocycles. The van der Waals surface area contributed by atoms with Crippen LogP contribution in [-0.2, 0) is 34.4 Å². The van der Waals surface area contributed by atoms with Gasteiger partial charge in [0.15, 0.2) is 0 Å². The van der Waals surface area contributed by atoms with E-state index in [4.69, 9.17) is 16.6 Å². The molecule has 5 amide bonds. The minimum absolute atomic E-state index is 0.0815. The number of carboxylic acid groups (broad SMARTS) is 1. The van der Waals surface area contributed by atoms with Crippen molar-refractivity contribution in [2.24, 2.45) is 18.9 Å². The summed E-state index contributed by atoms with van der Waals surface area (Å²) in [5, 5.41) is 20.9. The number of nitrogens with one attached hydrogen (secondary N) is 2. The first-order chi connectivity index (χ1) is 29.0. The highest BCUT2D eigenvalue weighted by atomic mass is 35.5. The van der Waals surface area contributed by atoms with Crippen LogP contribution in [0.15, 0.2) is 30.6 Å². The highest BCUT2D eigenvalue weighted by molar-refractivity contribution is 6.33.